The van der Waals surface area contributed by atoms with Crippen molar-refractivity contribution in [2.24, 2.45) is 0 Å². The number of carbonyl (C=O) groups excluding carboxylic acids is 1. The quantitative estimate of drug-likeness (QED) is 0.138. The van der Waals surface area contributed by atoms with Gasteiger partial charge in [-0.15, -0.1) is 0 Å². The fourth-order valence-electron chi connectivity index (χ4n) is 4.39. The summed E-state index contributed by atoms with van der Waals surface area (Å²) in [5.74, 6) is 0.373. The van der Waals surface area contributed by atoms with Gasteiger partial charge in [0.15, 0.2) is 18.5 Å². The lowest BCUT2D eigenvalue weighted by molar-refractivity contribution is -0.683. The number of amides is 1. The Morgan fingerprint density at radius 3 is 2.13 bits per heavy atom. The highest BCUT2D eigenvalue weighted by Crippen LogP contribution is 2.33. The normalized spacial score (nSPS) is 10.7. The van der Waals surface area contributed by atoms with Gasteiger partial charge in [-0.2, -0.15) is 4.57 Å². The highest BCUT2D eigenvalue weighted by molar-refractivity contribution is 7.07. The predicted octanol–water partition coefficient (Wildman–Crippen LogP) is 6.07. The lowest BCUT2D eigenvalue weighted by Gasteiger charge is -2.14. The minimum absolute atomic E-state index is 0. The van der Waals surface area contributed by atoms with Gasteiger partial charge in [0, 0.05) is 11.1 Å². The summed E-state index contributed by atoms with van der Waals surface area (Å²) in [5.41, 5.74) is 4.42. The van der Waals surface area contributed by atoms with E-state index in [9.17, 15) is 4.79 Å². The van der Waals surface area contributed by atoms with E-state index in [1.165, 1.54) is 64.2 Å². The van der Waals surface area contributed by atoms with Crippen molar-refractivity contribution in [3.8, 4) is 5.75 Å². The summed E-state index contributed by atoms with van der Waals surface area (Å²) in [6.45, 7) is 3.65. The molecule has 0 fully saturated rings. The molecule has 0 atom stereocenters. The summed E-state index contributed by atoms with van der Waals surface area (Å²) in [6, 6.07) is 13.2. The molecule has 208 valence electrons. The Morgan fingerprint density at radius 2 is 1.53 bits per heavy atom. The molecule has 38 heavy (non-hydrogen) atoms. The maximum atomic E-state index is 12.9. The second kappa shape index (κ2) is 19.2. The van der Waals surface area contributed by atoms with Crippen molar-refractivity contribution in [2.75, 3.05) is 11.9 Å². The van der Waals surface area contributed by atoms with Crippen molar-refractivity contribution >= 4 is 34.5 Å². The topological polar surface area (TPSA) is 42.2 Å². The second-order valence-electron chi connectivity index (χ2n) is 9.70. The van der Waals surface area contributed by atoms with Crippen molar-refractivity contribution in [2.45, 2.75) is 90.5 Å². The monoisotopic (exact) mass is 620 g/mol. The Morgan fingerprint density at radius 1 is 0.895 bits per heavy atom. The van der Waals surface area contributed by atoms with Gasteiger partial charge in [0.25, 0.3) is 5.91 Å². The van der Waals surface area contributed by atoms with Gasteiger partial charge in [0.2, 0.25) is 5.51 Å². The molecule has 0 bridgehead atoms. The van der Waals surface area contributed by atoms with E-state index in [1.54, 1.807) is 17.4 Å². The molecule has 0 aliphatic rings. The van der Waals surface area contributed by atoms with Crippen LogP contribution in [-0.4, -0.2) is 12.5 Å². The number of hydrogen-bond donors (Lipinski definition) is 1. The third kappa shape index (κ3) is 11.9. The first-order chi connectivity index (χ1) is 18.2. The largest absolute Gasteiger partial charge is 1.00 e. The number of nitrogens with zero attached hydrogens (tertiary/aromatic N) is 1. The number of anilines is 1. The summed E-state index contributed by atoms with van der Waals surface area (Å²) in [4.78, 5) is 12.9. The van der Waals surface area contributed by atoms with E-state index in [4.69, 9.17) is 16.3 Å². The molecule has 0 radical (unpaired) electrons. The number of aromatic nitrogens is 1. The molecule has 4 nitrogen and oxygen atoms in total. The maximum absolute atomic E-state index is 12.9. The van der Waals surface area contributed by atoms with Crippen LogP contribution in [0.2, 0.25) is 5.02 Å². The fraction of sp³-hybridized carbons (Fsp3) is 0.484. The molecule has 3 rings (SSSR count). The first-order valence-electron chi connectivity index (χ1n) is 13.9. The van der Waals surface area contributed by atoms with Crippen LogP contribution in [0.4, 0.5) is 5.69 Å². The van der Waals surface area contributed by atoms with Gasteiger partial charge in [-0.3, -0.25) is 4.79 Å². The van der Waals surface area contributed by atoms with E-state index >= 15 is 0 Å². The number of rotatable bonds is 18. The summed E-state index contributed by atoms with van der Waals surface area (Å²) in [5, 5.41) is 5.54. The van der Waals surface area contributed by atoms with Crippen molar-refractivity contribution in [3.05, 3.63) is 75.7 Å². The van der Waals surface area contributed by atoms with Crippen LogP contribution in [0.5, 0.6) is 5.75 Å². The van der Waals surface area contributed by atoms with Gasteiger partial charge >= 0.3 is 0 Å². The molecule has 0 spiro atoms. The molecule has 0 saturated heterocycles. The van der Waals surface area contributed by atoms with Crippen LogP contribution in [-0.2, 0) is 6.54 Å². The van der Waals surface area contributed by atoms with Crippen LogP contribution in [0, 0.1) is 0 Å². The van der Waals surface area contributed by atoms with Crippen LogP contribution < -0.4 is 31.6 Å². The number of unbranched alkanes of at least 4 members (excludes halogenated alkanes) is 11. The van der Waals surface area contributed by atoms with Crippen molar-refractivity contribution in [1.82, 2.24) is 0 Å². The zero-order valence-electron chi connectivity index (χ0n) is 22.6. The molecule has 3 aromatic rings. The Hall–Kier alpha value is -1.89. The highest BCUT2D eigenvalue weighted by Gasteiger charge is 2.13. The van der Waals surface area contributed by atoms with E-state index < -0.39 is 0 Å². The van der Waals surface area contributed by atoms with E-state index in [-0.39, 0.29) is 22.9 Å². The molecule has 0 aliphatic carbocycles. The molecule has 1 heterocycles. The van der Waals surface area contributed by atoms with Gasteiger partial charge in [-0.1, -0.05) is 119 Å². The number of benzene rings is 2. The minimum atomic E-state index is -0.174. The first-order valence-corrected chi connectivity index (χ1v) is 15.2. The SMILES string of the molecule is CCCCCCCCCCCCCCOc1c(Cl)cccc1NC(=O)c1ccc(C[n+]2ccsc2)cc1.[Br-]. The van der Waals surface area contributed by atoms with Gasteiger partial charge < -0.3 is 27.0 Å². The molecule has 2 aromatic carbocycles. The predicted molar refractivity (Wildman–Crippen MR) is 156 cm³/mol. The van der Waals surface area contributed by atoms with E-state index in [2.05, 4.69) is 22.3 Å². The summed E-state index contributed by atoms with van der Waals surface area (Å²) in [7, 11) is 0. The third-order valence-corrected chi connectivity index (χ3v) is 7.54. The Labute approximate surface area is 248 Å². The van der Waals surface area contributed by atoms with Crippen molar-refractivity contribution in [3.63, 3.8) is 0 Å². The summed E-state index contributed by atoms with van der Waals surface area (Å²) < 4.78 is 8.14. The van der Waals surface area contributed by atoms with Crippen molar-refractivity contribution < 1.29 is 31.1 Å². The average molecular weight is 622 g/mol. The van der Waals surface area contributed by atoms with Crippen LogP contribution in [0.1, 0.15) is 99.9 Å². The van der Waals surface area contributed by atoms with Crippen LogP contribution in [0.3, 0.4) is 0 Å². The lowest BCUT2D eigenvalue weighted by atomic mass is 10.1. The number of hydrogen-bond acceptors (Lipinski definition) is 3. The number of carbonyl (C=O) groups is 1. The molecular formula is C31H42BrClN2O2S. The first kappa shape index (κ1) is 32.3. The Bertz CT molecular complexity index is 1040. The molecule has 0 saturated carbocycles. The molecule has 1 aromatic heterocycles. The smallest absolute Gasteiger partial charge is 0.255 e. The number of ether oxygens (including phenoxy) is 1. The molecule has 0 unspecified atom stereocenters. The highest BCUT2D eigenvalue weighted by atomic mass is 79.9. The van der Waals surface area contributed by atoms with Crippen LogP contribution in [0.15, 0.2) is 59.6 Å². The summed E-state index contributed by atoms with van der Waals surface area (Å²) in [6.07, 6.45) is 17.7. The standard InChI is InChI=1S/C31H41ClN2O2S.BrH/c1-2-3-4-5-6-7-8-9-10-11-12-13-22-36-30-28(32)15-14-16-29(30)33-31(35)27-19-17-26(18-20-27)24-34-21-23-37-25-34;/h14-21,23,25H,2-13,22,24H2,1H3;1H. The molecule has 0 aliphatic heterocycles. The Kier molecular flexibility index (Phi) is 16.3. The Balaban J connectivity index is 0.00000507. The number of halogens is 2. The zero-order chi connectivity index (χ0) is 26.1. The van der Waals surface area contributed by atoms with Gasteiger partial charge in [0.05, 0.1) is 22.7 Å². The lowest BCUT2D eigenvalue weighted by Crippen LogP contribution is -3.00. The zero-order valence-corrected chi connectivity index (χ0v) is 25.8. The van der Waals surface area contributed by atoms with E-state index in [0.717, 1.165) is 24.9 Å². The average Bonchev–Trinajstić information content (AvgIpc) is 3.41. The second-order valence-corrected chi connectivity index (χ2v) is 10.9. The number of para-hydroxylation sites is 1. The fourth-order valence-corrected chi connectivity index (χ4v) is 5.22. The van der Waals surface area contributed by atoms with Gasteiger partial charge in [-0.05, 0) is 30.7 Å². The van der Waals surface area contributed by atoms with Gasteiger partial charge in [-0.25, -0.2) is 0 Å². The van der Waals surface area contributed by atoms with Crippen LogP contribution >= 0.6 is 22.9 Å². The molecular weight excluding hydrogens is 580 g/mol. The molecule has 1 N–H and O–H groups in total. The van der Waals surface area contributed by atoms with Crippen molar-refractivity contribution in [1.29, 1.82) is 0 Å². The number of nitrogens with one attached hydrogen (secondary N) is 1. The summed E-state index contributed by atoms with van der Waals surface area (Å²) >= 11 is 8.08. The van der Waals surface area contributed by atoms with E-state index in [1.807, 2.05) is 48.0 Å². The molecule has 7 heteroatoms. The minimum Gasteiger partial charge on any atom is -1.00 e. The third-order valence-electron chi connectivity index (χ3n) is 6.57. The maximum Gasteiger partial charge on any atom is 0.255 e. The molecule has 1 amide bonds. The van der Waals surface area contributed by atoms with E-state index in [0.29, 0.717) is 28.6 Å². The number of thiazole rings is 1. The van der Waals surface area contributed by atoms with Gasteiger partial charge in [0.1, 0.15) is 0 Å². The van der Waals surface area contributed by atoms with Crippen LogP contribution in [0.25, 0.3) is 0 Å².